The summed E-state index contributed by atoms with van der Waals surface area (Å²) >= 11 is 9.66. The molecule has 0 aromatic heterocycles. The van der Waals surface area contributed by atoms with Gasteiger partial charge in [-0.25, -0.2) is 0 Å². The van der Waals surface area contributed by atoms with Crippen LogP contribution in [0.1, 0.15) is 25.5 Å². The third-order valence-electron chi connectivity index (χ3n) is 2.19. The van der Waals surface area contributed by atoms with E-state index < -0.39 is 0 Å². The van der Waals surface area contributed by atoms with Crippen LogP contribution in [0.25, 0.3) is 0 Å². The first-order valence-corrected chi connectivity index (χ1v) is 6.07. The van der Waals surface area contributed by atoms with Gasteiger partial charge in [0.25, 0.3) is 0 Å². The second-order valence-corrected chi connectivity index (χ2v) is 4.71. The molecule has 0 aliphatic carbocycles. The molecule has 0 saturated heterocycles. The van der Waals surface area contributed by atoms with Gasteiger partial charge in [0, 0.05) is 4.47 Å². The quantitative estimate of drug-likeness (QED) is 0.813. The summed E-state index contributed by atoms with van der Waals surface area (Å²) < 4.78 is 0.922. The SMILES string of the molecule is C=C(C)C(NCC)c1cccc(Br)c1Cl. The Bertz CT molecular complexity index is 363. The molecule has 0 aliphatic heterocycles. The Morgan fingerprint density at radius 2 is 2.27 bits per heavy atom. The van der Waals surface area contributed by atoms with Crippen LogP contribution in [0.15, 0.2) is 34.8 Å². The third-order valence-corrected chi connectivity index (χ3v) is 3.50. The van der Waals surface area contributed by atoms with Crippen molar-refractivity contribution < 1.29 is 0 Å². The summed E-state index contributed by atoms with van der Waals surface area (Å²) in [7, 11) is 0. The summed E-state index contributed by atoms with van der Waals surface area (Å²) in [6.45, 7) is 8.95. The lowest BCUT2D eigenvalue weighted by Gasteiger charge is -2.20. The van der Waals surface area contributed by atoms with Gasteiger partial charge in [0.05, 0.1) is 11.1 Å². The van der Waals surface area contributed by atoms with Gasteiger partial charge in [-0.1, -0.05) is 42.8 Å². The predicted octanol–water partition coefficient (Wildman–Crippen LogP) is 4.33. The molecule has 3 heteroatoms. The van der Waals surface area contributed by atoms with Crippen molar-refractivity contribution in [1.82, 2.24) is 5.32 Å². The molecule has 0 amide bonds. The summed E-state index contributed by atoms with van der Waals surface area (Å²) in [4.78, 5) is 0. The second-order valence-electron chi connectivity index (χ2n) is 3.48. The zero-order valence-corrected chi connectivity index (χ0v) is 11.3. The number of hydrogen-bond acceptors (Lipinski definition) is 1. The number of likely N-dealkylation sites (N-methyl/N-ethyl adjacent to an activating group) is 1. The van der Waals surface area contributed by atoms with E-state index in [9.17, 15) is 0 Å². The monoisotopic (exact) mass is 287 g/mol. The Balaban J connectivity index is 3.11. The number of rotatable bonds is 4. The van der Waals surface area contributed by atoms with Crippen molar-refractivity contribution in [2.24, 2.45) is 0 Å². The van der Waals surface area contributed by atoms with E-state index in [1.807, 2.05) is 25.1 Å². The molecule has 82 valence electrons. The fraction of sp³-hybridized carbons (Fsp3) is 0.333. The summed E-state index contributed by atoms with van der Waals surface area (Å²) in [5, 5.41) is 4.12. The third kappa shape index (κ3) is 3.07. The maximum atomic E-state index is 6.24. The number of halogens is 2. The van der Waals surface area contributed by atoms with Crippen LogP contribution in [0.3, 0.4) is 0 Å². The molecule has 1 atom stereocenters. The van der Waals surface area contributed by atoms with Gasteiger partial charge in [0.1, 0.15) is 0 Å². The molecule has 0 bridgehead atoms. The molecule has 0 aliphatic rings. The fourth-order valence-corrected chi connectivity index (χ4v) is 2.11. The molecule has 1 unspecified atom stereocenters. The van der Waals surface area contributed by atoms with Gasteiger partial charge in [-0.15, -0.1) is 0 Å². The lowest BCUT2D eigenvalue weighted by Crippen LogP contribution is -2.21. The molecular weight excluding hydrogens is 273 g/mol. The number of nitrogens with one attached hydrogen (secondary N) is 1. The molecule has 1 aromatic rings. The molecule has 0 spiro atoms. The van der Waals surface area contributed by atoms with E-state index in [1.54, 1.807) is 0 Å². The Labute approximate surface area is 105 Å². The van der Waals surface area contributed by atoms with Crippen molar-refractivity contribution in [3.63, 3.8) is 0 Å². The minimum Gasteiger partial charge on any atom is -0.307 e. The van der Waals surface area contributed by atoms with Gasteiger partial charge in [0.2, 0.25) is 0 Å². The van der Waals surface area contributed by atoms with Gasteiger partial charge in [0.15, 0.2) is 0 Å². The lowest BCUT2D eigenvalue weighted by atomic mass is 10.0. The highest BCUT2D eigenvalue weighted by Gasteiger charge is 2.15. The average Bonchev–Trinajstić information content (AvgIpc) is 2.19. The van der Waals surface area contributed by atoms with Crippen LogP contribution < -0.4 is 5.32 Å². The zero-order chi connectivity index (χ0) is 11.4. The average molecular weight is 289 g/mol. The summed E-state index contributed by atoms with van der Waals surface area (Å²) in [5.41, 5.74) is 2.14. The molecule has 1 nitrogen and oxygen atoms in total. The predicted molar refractivity (Wildman–Crippen MR) is 70.4 cm³/mol. The summed E-state index contributed by atoms with van der Waals surface area (Å²) in [6.07, 6.45) is 0. The molecule has 1 rings (SSSR count). The minimum atomic E-state index is 0.125. The first-order chi connectivity index (χ1) is 7.07. The van der Waals surface area contributed by atoms with Crippen molar-refractivity contribution in [3.8, 4) is 0 Å². The van der Waals surface area contributed by atoms with Crippen LogP contribution in [0.2, 0.25) is 5.02 Å². The van der Waals surface area contributed by atoms with Gasteiger partial charge < -0.3 is 5.32 Å². The highest BCUT2D eigenvalue weighted by molar-refractivity contribution is 9.10. The lowest BCUT2D eigenvalue weighted by molar-refractivity contribution is 0.621. The molecule has 0 saturated carbocycles. The largest absolute Gasteiger partial charge is 0.307 e. The van der Waals surface area contributed by atoms with E-state index in [1.165, 1.54) is 0 Å². The van der Waals surface area contributed by atoms with Crippen LogP contribution in [-0.2, 0) is 0 Å². The smallest absolute Gasteiger partial charge is 0.0599 e. The van der Waals surface area contributed by atoms with Crippen molar-refractivity contribution >= 4 is 27.5 Å². The molecule has 15 heavy (non-hydrogen) atoms. The van der Waals surface area contributed by atoms with Crippen LogP contribution in [0.5, 0.6) is 0 Å². The van der Waals surface area contributed by atoms with Gasteiger partial charge in [-0.2, -0.15) is 0 Å². The Morgan fingerprint density at radius 1 is 1.60 bits per heavy atom. The molecule has 1 aromatic carbocycles. The van der Waals surface area contributed by atoms with Crippen molar-refractivity contribution in [2.75, 3.05) is 6.54 Å². The maximum Gasteiger partial charge on any atom is 0.0599 e. The van der Waals surface area contributed by atoms with E-state index in [4.69, 9.17) is 11.6 Å². The highest BCUT2D eigenvalue weighted by Crippen LogP contribution is 2.32. The van der Waals surface area contributed by atoms with E-state index in [-0.39, 0.29) is 6.04 Å². The minimum absolute atomic E-state index is 0.125. The molecule has 0 radical (unpaired) electrons. The first kappa shape index (κ1) is 12.8. The highest BCUT2D eigenvalue weighted by atomic mass is 79.9. The van der Waals surface area contributed by atoms with Crippen LogP contribution in [0.4, 0.5) is 0 Å². The molecule has 1 N–H and O–H groups in total. The van der Waals surface area contributed by atoms with E-state index in [0.717, 1.165) is 27.2 Å². The Hall–Kier alpha value is -0.310. The fourth-order valence-electron chi connectivity index (χ4n) is 1.50. The van der Waals surface area contributed by atoms with Gasteiger partial charge in [-0.05, 0) is 41.0 Å². The molecule has 0 heterocycles. The maximum absolute atomic E-state index is 6.24. The Kier molecular flexibility index (Phi) is 4.84. The van der Waals surface area contributed by atoms with Crippen molar-refractivity contribution in [1.29, 1.82) is 0 Å². The summed E-state index contributed by atoms with van der Waals surface area (Å²) in [5.74, 6) is 0. The van der Waals surface area contributed by atoms with Crippen LogP contribution in [0, 0.1) is 0 Å². The number of hydrogen-bond donors (Lipinski definition) is 1. The van der Waals surface area contributed by atoms with Gasteiger partial charge >= 0.3 is 0 Å². The first-order valence-electron chi connectivity index (χ1n) is 4.90. The van der Waals surface area contributed by atoms with Gasteiger partial charge in [-0.3, -0.25) is 0 Å². The summed E-state index contributed by atoms with van der Waals surface area (Å²) in [6, 6.07) is 6.07. The zero-order valence-electron chi connectivity index (χ0n) is 8.98. The van der Waals surface area contributed by atoms with Crippen molar-refractivity contribution in [3.05, 3.63) is 45.4 Å². The normalized spacial score (nSPS) is 12.5. The van der Waals surface area contributed by atoms with E-state index in [2.05, 4.69) is 34.7 Å². The topological polar surface area (TPSA) is 12.0 Å². The molecule has 0 fully saturated rings. The van der Waals surface area contributed by atoms with Crippen molar-refractivity contribution in [2.45, 2.75) is 19.9 Å². The van der Waals surface area contributed by atoms with E-state index in [0.29, 0.717) is 0 Å². The van der Waals surface area contributed by atoms with Crippen LogP contribution >= 0.6 is 27.5 Å². The van der Waals surface area contributed by atoms with E-state index >= 15 is 0 Å². The number of benzene rings is 1. The van der Waals surface area contributed by atoms with Crippen LogP contribution in [-0.4, -0.2) is 6.54 Å². The molecular formula is C12H15BrClN. The second kappa shape index (κ2) is 5.69. The standard InChI is InChI=1S/C12H15BrClN/c1-4-15-12(8(2)3)9-6-5-7-10(13)11(9)14/h5-7,12,15H,2,4H2,1,3H3. The Morgan fingerprint density at radius 3 is 2.80 bits per heavy atom.